The number of rotatable bonds is 9. The van der Waals surface area contributed by atoms with E-state index in [0.717, 1.165) is 0 Å². The van der Waals surface area contributed by atoms with Gasteiger partial charge in [-0.05, 0) is 55.4 Å². The lowest BCUT2D eigenvalue weighted by molar-refractivity contribution is -0.0994. The molecule has 0 amide bonds. The summed E-state index contributed by atoms with van der Waals surface area (Å²) >= 11 is 0. The zero-order valence-electron chi connectivity index (χ0n) is 14.1. The Morgan fingerprint density at radius 1 is 0.476 bits per heavy atom. The van der Waals surface area contributed by atoms with Crippen molar-refractivity contribution in [2.45, 2.75) is 94.7 Å². The van der Waals surface area contributed by atoms with E-state index in [4.69, 9.17) is 18.9 Å². The second-order valence-corrected chi connectivity index (χ2v) is 5.39. The monoisotopic (exact) mass is 310 g/mol. The van der Waals surface area contributed by atoms with Crippen molar-refractivity contribution in [3.05, 3.63) is 0 Å². The van der Waals surface area contributed by atoms with Crippen LogP contribution in [-0.2, 0) is 18.9 Å². The summed E-state index contributed by atoms with van der Waals surface area (Å²) < 4.78 is 20.8. The second kappa shape index (κ2) is 19.8. The molecule has 0 aliphatic carbocycles. The Bertz CT molecular complexity index is 150. The first kappa shape index (κ1) is 28.9. The smallest absolute Gasteiger partial charge is 0.147 e. The highest BCUT2D eigenvalue weighted by Crippen LogP contribution is 1.92. The molecule has 4 nitrogen and oxygen atoms in total. The molecule has 0 fully saturated rings. The Hall–Kier alpha value is -0.160. The van der Waals surface area contributed by atoms with Crippen molar-refractivity contribution in [2.75, 3.05) is 20.0 Å². The summed E-state index contributed by atoms with van der Waals surface area (Å²) in [6.45, 7) is 17.9. The number of hydrogen-bond acceptors (Lipinski definition) is 4. The maximum atomic E-state index is 5.27. The standard InChI is InChI=1S/C8H18O2.C7H16O2.2CH4/c1-7(2)9-5-6-10-8(3)4;1-6(2)8-5-9-7(3)4;;/h7-8H,5-6H2,1-4H3;6-7H,5H2,1-4H3;2*1H4. The van der Waals surface area contributed by atoms with Crippen LogP contribution >= 0.6 is 0 Å². The first-order valence-electron chi connectivity index (χ1n) is 7.22. The quantitative estimate of drug-likeness (QED) is 0.448. The normalized spacial score (nSPS) is 10.3. The maximum Gasteiger partial charge on any atom is 0.147 e. The lowest BCUT2D eigenvalue weighted by Crippen LogP contribution is -2.12. The zero-order chi connectivity index (χ0) is 15.3. The van der Waals surface area contributed by atoms with Crippen LogP contribution in [0.4, 0.5) is 0 Å². The van der Waals surface area contributed by atoms with E-state index in [1.807, 2.05) is 55.4 Å². The summed E-state index contributed by atoms with van der Waals surface area (Å²) in [5, 5.41) is 0. The van der Waals surface area contributed by atoms with Crippen molar-refractivity contribution in [3.63, 3.8) is 0 Å². The van der Waals surface area contributed by atoms with Crippen molar-refractivity contribution in [2.24, 2.45) is 0 Å². The van der Waals surface area contributed by atoms with Crippen LogP contribution in [-0.4, -0.2) is 44.4 Å². The van der Waals surface area contributed by atoms with Crippen molar-refractivity contribution in [1.82, 2.24) is 0 Å². The molecule has 0 unspecified atom stereocenters. The minimum atomic E-state index is 0. The largest absolute Gasteiger partial charge is 0.376 e. The van der Waals surface area contributed by atoms with Crippen LogP contribution in [0.3, 0.4) is 0 Å². The molecule has 0 aromatic rings. The molecule has 0 bridgehead atoms. The summed E-state index contributed by atoms with van der Waals surface area (Å²) in [5.74, 6) is 0. The van der Waals surface area contributed by atoms with E-state index in [0.29, 0.717) is 32.2 Å². The summed E-state index contributed by atoms with van der Waals surface area (Å²) in [6, 6.07) is 0. The molecule has 0 aliphatic rings. The molecular formula is C17H42O4. The summed E-state index contributed by atoms with van der Waals surface area (Å²) in [5.41, 5.74) is 0. The van der Waals surface area contributed by atoms with Crippen molar-refractivity contribution < 1.29 is 18.9 Å². The Morgan fingerprint density at radius 2 is 0.714 bits per heavy atom. The molecule has 0 aromatic heterocycles. The molecular weight excluding hydrogens is 268 g/mol. The lowest BCUT2D eigenvalue weighted by Gasteiger charge is -2.09. The Labute approximate surface area is 134 Å². The van der Waals surface area contributed by atoms with Crippen LogP contribution in [0.1, 0.15) is 70.2 Å². The highest BCUT2D eigenvalue weighted by atomic mass is 16.7. The van der Waals surface area contributed by atoms with Gasteiger partial charge in [0.2, 0.25) is 0 Å². The van der Waals surface area contributed by atoms with Gasteiger partial charge in [-0.25, -0.2) is 0 Å². The molecule has 0 saturated carbocycles. The minimum Gasteiger partial charge on any atom is -0.376 e. The van der Waals surface area contributed by atoms with Gasteiger partial charge in [-0.1, -0.05) is 14.9 Å². The maximum absolute atomic E-state index is 5.27. The molecule has 0 N–H and O–H groups in total. The molecule has 0 heterocycles. The highest BCUT2D eigenvalue weighted by molar-refractivity contribution is 4.39. The Balaban J connectivity index is -0.000000126. The van der Waals surface area contributed by atoms with Crippen LogP contribution in [0.15, 0.2) is 0 Å². The Kier molecular flexibility index (Phi) is 27.3. The Morgan fingerprint density at radius 3 is 0.905 bits per heavy atom. The molecule has 4 heteroatoms. The fraction of sp³-hybridized carbons (Fsp3) is 1.00. The van der Waals surface area contributed by atoms with Crippen molar-refractivity contribution in [3.8, 4) is 0 Å². The molecule has 0 aromatic carbocycles. The molecule has 0 radical (unpaired) electrons. The predicted octanol–water partition coefficient (Wildman–Crippen LogP) is 4.90. The first-order valence-corrected chi connectivity index (χ1v) is 7.22. The minimum absolute atomic E-state index is 0. The van der Waals surface area contributed by atoms with Crippen LogP contribution in [0.25, 0.3) is 0 Å². The van der Waals surface area contributed by atoms with Gasteiger partial charge in [0.15, 0.2) is 0 Å². The van der Waals surface area contributed by atoms with E-state index in [1.165, 1.54) is 0 Å². The first-order chi connectivity index (χ1) is 8.75. The zero-order valence-corrected chi connectivity index (χ0v) is 14.1. The van der Waals surface area contributed by atoms with Crippen molar-refractivity contribution in [1.29, 1.82) is 0 Å². The van der Waals surface area contributed by atoms with Gasteiger partial charge in [-0.15, -0.1) is 0 Å². The van der Waals surface area contributed by atoms with Crippen LogP contribution in [0.2, 0.25) is 0 Å². The van der Waals surface area contributed by atoms with E-state index in [-0.39, 0.29) is 27.1 Å². The third kappa shape index (κ3) is 38.3. The summed E-state index contributed by atoms with van der Waals surface area (Å²) in [6.07, 6.45) is 1.17. The molecule has 21 heavy (non-hydrogen) atoms. The third-order valence-electron chi connectivity index (χ3n) is 1.79. The number of ether oxygens (including phenoxy) is 4. The molecule has 0 aliphatic heterocycles. The molecule has 134 valence electrons. The molecule has 0 saturated heterocycles. The van der Waals surface area contributed by atoms with Crippen LogP contribution < -0.4 is 0 Å². The van der Waals surface area contributed by atoms with Gasteiger partial charge in [-0.2, -0.15) is 0 Å². The fourth-order valence-corrected chi connectivity index (χ4v) is 0.879. The van der Waals surface area contributed by atoms with Crippen LogP contribution in [0, 0.1) is 0 Å². The average molecular weight is 311 g/mol. The molecule has 0 atom stereocenters. The highest BCUT2D eigenvalue weighted by Gasteiger charge is 1.95. The van der Waals surface area contributed by atoms with Crippen LogP contribution in [0.5, 0.6) is 0 Å². The molecule has 0 spiro atoms. The number of hydrogen-bond donors (Lipinski definition) is 0. The van der Waals surface area contributed by atoms with Gasteiger partial charge in [0, 0.05) is 0 Å². The SMILES string of the molecule is C.C.CC(C)OCCOC(C)C.CC(C)OCOC(C)C. The summed E-state index contributed by atoms with van der Waals surface area (Å²) in [7, 11) is 0. The van der Waals surface area contributed by atoms with E-state index in [1.54, 1.807) is 0 Å². The lowest BCUT2D eigenvalue weighted by atomic mass is 10.5. The average Bonchev–Trinajstić information content (AvgIpc) is 2.23. The third-order valence-corrected chi connectivity index (χ3v) is 1.79. The van der Waals surface area contributed by atoms with Gasteiger partial charge < -0.3 is 18.9 Å². The van der Waals surface area contributed by atoms with E-state index in [9.17, 15) is 0 Å². The van der Waals surface area contributed by atoms with E-state index >= 15 is 0 Å². The van der Waals surface area contributed by atoms with Gasteiger partial charge >= 0.3 is 0 Å². The molecule has 0 rings (SSSR count). The fourth-order valence-electron chi connectivity index (χ4n) is 0.879. The van der Waals surface area contributed by atoms with E-state index < -0.39 is 0 Å². The topological polar surface area (TPSA) is 36.9 Å². The summed E-state index contributed by atoms with van der Waals surface area (Å²) in [4.78, 5) is 0. The van der Waals surface area contributed by atoms with Gasteiger partial charge in [0.1, 0.15) is 6.79 Å². The van der Waals surface area contributed by atoms with Gasteiger partial charge in [0.05, 0.1) is 37.6 Å². The predicted molar refractivity (Wildman–Crippen MR) is 92.9 cm³/mol. The van der Waals surface area contributed by atoms with Gasteiger partial charge in [-0.3, -0.25) is 0 Å². The van der Waals surface area contributed by atoms with E-state index in [2.05, 4.69) is 0 Å². The van der Waals surface area contributed by atoms with Gasteiger partial charge in [0.25, 0.3) is 0 Å². The van der Waals surface area contributed by atoms with Crippen molar-refractivity contribution >= 4 is 0 Å². The second-order valence-electron chi connectivity index (χ2n) is 5.39.